The number of anilines is 1. The van der Waals surface area contributed by atoms with Crippen molar-refractivity contribution >= 4 is 17.4 Å². The van der Waals surface area contributed by atoms with Crippen molar-refractivity contribution in [2.45, 2.75) is 32.7 Å². The molecule has 5 heteroatoms. The number of aryl methyl sites for hydroxylation is 1. The molecule has 0 bridgehead atoms. The van der Waals surface area contributed by atoms with E-state index < -0.39 is 0 Å². The number of halogens is 1. The third kappa shape index (κ3) is 2.75. The van der Waals surface area contributed by atoms with Crippen LogP contribution in [0.4, 0.5) is 5.82 Å². The molecule has 18 heavy (non-hydrogen) atoms. The molecule has 0 amide bonds. The molecule has 1 fully saturated rings. The SMILES string of the molecule is Cc1nc(Cl)c(C)c(N2CCCC(N(C)C)C2)n1. The van der Waals surface area contributed by atoms with Gasteiger partial charge in [0.1, 0.15) is 16.8 Å². The second-order valence-electron chi connectivity index (χ2n) is 5.22. The first-order valence-corrected chi connectivity index (χ1v) is 6.79. The molecule has 0 spiro atoms. The normalized spacial score (nSPS) is 20.6. The highest BCUT2D eigenvalue weighted by molar-refractivity contribution is 6.30. The van der Waals surface area contributed by atoms with E-state index in [0.29, 0.717) is 11.2 Å². The first kappa shape index (κ1) is 13.6. The molecule has 0 saturated carbocycles. The van der Waals surface area contributed by atoms with E-state index in [2.05, 4.69) is 33.9 Å². The molecule has 1 unspecified atom stereocenters. The van der Waals surface area contributed by atoms with E-state index >= 15 is 0 Å². The maximum Gasteiger partial charge on any atom is 0.137 e. The largest absolute Gasteiger partial charge is 0.355 e. The molecule has 0 aliphatic carbocycles. The Kier molecular flexibility index (Phi) is 4.07. The lowest BCUT2D eigenvalue weighted by molar-refractivity contribution is 0.257. The second-order valence-corrected chi connectivity index (χ2v) is 5.57. The van der Waals surface area contributed by atoms with E-state index in [4.69, 9.17) is 11.6 Å². The summed E-state index contributed by atoms with van der Waals surface area (Å²) in [5.41, 5.74) is 0.988. The Hall–Kier alpha value is -0.870. The Balaban J connectivity index is 2.26. The van der Waals surface area contributed by atoms with Crippen LogP contribution in [0.2, 0.25) is 5.15 Å². The lowest BCUT2D eigenvalue weighted by atomic mass is 10.0. The van der Waals surface area contributed by atoms with E-state index in [1.54, 1.807) is 0 Å². The minimum atomic E-state index is 0.574. The molecule has 1 aliphatic heterocycles. The first-order valence-electron chi connectivity index (χ1n) is 6.41. The van der Waals surface area contributed by atoms with Crippen LogP contribution in [0.25, 0.3) is 0 Å². The summed E-state index contributed by atoms with van der Waals surface area (Å²) in [7, 11) is 4.28. The van der Waals surface area contributed by atoms with Crippen molar-refractivity contribution in [1.82, 2.24) is 14.9 Å². The summed E-state index contributed by atoms with van der Waals surface area (Å²) < 4.78 is 0. The summed E-state index contributed by atoms with van der Waals surface area (Å²) in [5.74, 6) is 1.74. The molecule has 1 aliphatic rings. The van der Waals surface area contributed by atoms with E-state index in [1.165, 1.54) is 12.8 Å². The average Bonchev–Trinajstić information content (AvgIpc) is 2.34. The minimum Gasteiger partial charge on any atom is -0.355 e. The van der Waals surface area contributed by atoms with E-state index in [9.17, 15) is 0 Å². The topological polar surface area (TPSA) is 32.3 Å². The zero-order valence-corrected chi connectivity index (χ0v) is 12.3. The molecule has 2 rings (SSSR count). The highest BCUT2D eigenvalue weighted by Gasteiger charge is 2.24. The maximum absolute atomic E-state index is 6.15. The number of piperidine rings is 1. The molecule has 4 nitrogen and oxygen atoms in total. The molecule has 0 aromatic carbocycles. The second kappa shape index (κ2) is 5.41. The lowest BCUT2D eigenvalue weighted by Crippen LogP contribution is -2.45. The number of hydrogen-bond donors (Lipinski definition) is 0. The van der Waals surface area contributed by atoms with Gasteiger partial charge in [-0.3, -0.25) is 0 Å². The van der Waals surface area contributed by atoms with Crippen molar-refractivity contribution < 1.29 is 0 Å². The summed E-state index contributed by atoms with van der Waals surface area (Å²) in [6.45, 7) is 5.96. The summed E-state index contributed by atoms with van der Waals surface area (Å²) >= 11 is 6.15. The van der Waals surface area contributed by atoms with Gasteiger partial charge in [-0.15, -0.1) is 0 Å². The number of aromatic nitrogens is 2. The maximum atomic E-state index is 6.15. The van der Waals surface area contributed by atoms with Crippen LogP contribution >= 0.6 is 11.6 Å². The fourth-order valence-corrected chi connectivity index (χ4v) is 2.66. The van der Waals surface area contributed by atoms with Crippen LogP contribution < -0.4 is 4.90 Å². The van der Waals surface area contributed by atoms with Gasteiger partial charge < -0.3 is 9.80 Å². The Labute approximate surface area is 114 Å². The van der Waals surface area contributed by atoms with Gasteiger partial charge in [-0.25, -0.2) is 9.97 Å². The van der Waals surface area contributed by atoms with Crippen LogP contribution in [0.5, 0.6) is 0 Å². The van der Waals surface area contributed by atoms with E-state index in [0.717, 1.165) is 30.3 Å². The van der Waals surface area contributed by atoms with Gasteiger partial charge in [-0.05, 0) is 40.8 Å². The van der Waals surface area contributed by atoms with Crippen LogP contribution in [0.3, 0.4) is 0 Å². The van der Waals surface area contributed by atoms with Crippen molar-refractivity contribution in [3.8, 4) is 0 Å². The predicted molar refractivity (Wildman–Crippen MR) is 75.4 cm³/mol. The molecular formula is C13H21ClN4. The van der Waals surface area contributed by atoms with Crippen molar-refractivity contribution in [1.29, 1.82) is 0 Å². The van der Waals surface area contributed by atoms with Gasteiger partial charge in [-0.1, -0.05) is 11.6 Å². The van der Waals surface area contributed by atoms with Crippen molar-refractivity contribution in [3.63, 3.8) is 0 Å². The van der Waals surface area contributed by atoms with E-state index in [1.807, 2.05) is 13.8 Å². The Morgan fingerprint density at radius 2 is 2.00 bits per heavy atom. The molecule has 2 heterocycles. The monoisotopic (exact) mass is 268 g/mol. The molecule has 0 N–H and O–H groups in total. The smallest absolute Gasteiger partial charge is 0.137 e. The number of nitrogens with zero attached hydrogens (tertiary/aromatic N) is 4. The third-order valence-electron chi connectivity index (χ3n) is 3.60. The Morgan fingerprint density at radius 1 is 1.28 bits per heavy atom. The van der Waals surface area contributed by atoms with Crippen LogP contribution in [0.1, 0.15) is 24.2 Å². The van der Waals surface area contributed by atoms with E-state index in [-0.39, 0.29) is 0 Å². The number of hydrogen-bond acceptors (Lipinski definition) is 4. The number of likely N-dealkylation sites (N-methyl/N-ethyl adjacent to an activating group) is 1. The van der Waals surface area contributed by atoms with Gasteiger partial charge in [0.05, 0.1) is 0 Å². The van der Waals surface area contributed by atoms with Gasteiger partial charge in [0.25, 0.3) is 0 Å². The summed E-state index contributed by atoms with van der Waals surface area (Å²) in [6.07, 6.45) is 2.45. The third-order valence-corrected chi connectivity index (χ3v) is 3.97. The quantitative estimate of drug-likeness (QED) is 0.771. The Bertz CT molecular complexity index is 433. The fraction of sp³-hybridized carbons (Fsp3) is 0.692. The van der Waals surface area contributed by atoms with Gasteiger partial charge in [0.15, 0.2) is 0 Å². The molecule has 1 atom stereocenters. The van der Waals surface area contributed by atoms with Crippen molar-refractivity contribution in [2.24, 2.45) is 0 Å². The zero-order chi connectivity index (χ0) is 13.3. The van der Waals surface area contributed by atoms with Gasteiger partial charge in [-0.2, -0.15) is 0 Å². The lowest BCUT2D eigenvalue weighted by Gasteiger charge is -2.37. The van der Waals surface area contributed by atoms with Gasteiger partial charge in [0.2, 0.25) is 0 Å². The molecule has 1 saturated heterocycles. The highest BCUT2D eigenvalue weighted by atomic mass is 35.5. The van der Waals surface area contributed by atoms with Crippen molar-refractivity contribution in [3.05, 3.63) is 16.5 Å². The van der Waals surface area contributed by atoms with Gasteiger partial charge >= 0.3 is 0 Å². The fourth-order valence-electron chi connectivity index (χ4n) is 2.46. The van der Waals surface area contributed by atoms with Crippen LogP contribution in [0.15, 0.2) is 0 Å². The molecule has 1 aromatic heterocycles. The predicted octanol–water partition coefficient (Wildman–Crippen LogP) is 2.28. The summed E-state index contributed by atoms with van der Waals surface area (Å²) in [4.78, 5) is 13.4. The molecule has 0 radical (unpaired) electrons. The minimum absolute atomic E-state index is 0.574. The van der Waals surface area contributed by atoms with Crippen LogP contribution in [-0.4, -0.2) is 48.1 Å². The summed E-state index contributed by atoms with van der Waals surface area (Å²) in [5, 5.41) is 0.574. The highest BCUT2D eigenvalue weighted by Crippen LogP contribution is 2.26. The zero-order valence-electron chi connectivity index (χ0n) is 11.6. The summed E-state index contributed by atoms with van der Waals surface area (Å²) in [6, 6.07) is 0.590. The average molecular weight is 269 g/mol. The number of rotatable bonds is 2. The molecule has 1 aromatic rings. The first-order chi connectivity index (χ1) is 8.49. The van der Waals surface area contributed by atoms with Crippen LogP contribution in [-0.2, 0) is 0 Å². The van der Waals surface area contributed by atoms with Crippen LogP contribution in [0, 0.1) is 13.8 Å². The molecule has 100 valence electrons. The Morgan fingerprint density at radius 3 is 2.67 bits per heavy atom. The molecular weight excluding hydrogens is 248 g/mol. The van der Waals surface area contributed by atoms with Gasteiger partial charge in [0, 0.05) is 24.7 Å². The van der Waals surface area contributed by atoms with Crippen molar-refractivity contribution in [2.75, 3.05) is 32.1 Å². The standard InChI is InChI=1S/C13H21ClN4/c1-9-12(14)15-10(2)16-13(9)18-7-5-6-11(8-18)17(3)4/h11H,5-8H2,1-4H3.